The average molecular weight is 319 g/mol. The lowest BCUT2D eigenvalue weighted by molar-refractivity contribution is 0.240. The van der Waals surface area contributed by atoms with Gasteiger partial charge in [-0.15, -0.1) is 0 Å². The fourth-order valence-corrected chi connectivity index (χ4v) is 2.32. The number of ether oxygens (including phenoxy) is 1. The standard InChI is InChI=1S/C17H19ClN2O2/c1-12-8-16(22-2)15(18)9-14(12)11-20-17(21)19-10-13-6-4-3-5-7-13/h3-9H,10-11H2,1-2H3,(H2,19,20,21). The third-order valence-electron chi connectivity index (χ3n) is 3.35. The van der Waals surface area contributed by atoms with E-state index >= 15 is 0 Å². The summed E-state index contributed by atoms with van der Waals surface area (Å²) in [5, 5.41) is 6.18. The maximum atomic E-state index is 11.8. The molecule has 2 aromatic rings. The molecule has 0 unspecified atom stereocenters. The first-order valence-corrected chi connectivity index (χ1v) is 7.36. The lowest BCUT2D eigenvalue weighted by Gasteiger charge is -2.12. The van der Waals surface area contributed by atoms with Gasteiger partial charge in [0.15, 0.2) is 0 Å². The minimum absolute atomic E-state index is 0.213. The number of rotatable bonds is 5. The fraction of sp³-hybridized carbons (Fsp3) is 0.235. The second-order valence-electron chi connectivity index (χ2n) is 4.94. The van der Waals surface area contributed by atoms with Crippen LogP contribution in [0.3, 0.4) is 0 Å². The number of nitrogens with one attached hydrogen (secondary N) is 2. The molecule has 2 aromatic carbocycles. The van der Waals surface area contributed by atoms with Gasteiger partial charge >= 0.3 is 6.03 Å². The quantitative estimate of drug-likeness (QED) is 0.884. The van der Waals surface area contributed by atoms with E-state index in [0.717, 1.165) is 16.7 Å². The summed E-state index contributed by atoms with van der Waals surface area (Å²) in [4.78, 5) is 11.8. The van der Waals surface area contributed by atoms with Gasteiger partial charge in [0.2, 0.25) is 0 Å². The topological polar surface area (TPSA) is 50.4 Å². The van der Waals surface area contributed by atoms with Crippen molar-refractivity contribution in [1.82, 2.24) is 10.6 Å². The molecule has 2 amide bonds. The van der Waals surface area contributed by atoms with E-state index in [2.05, 4.69) is 10.6 Å². The van der Waals surface area contributed by atoms with Gasteiger partial charge in [0.1, 0.15) is 5.75 Å². The molecule has 0 fully saturated rings. The van der Waals surface area contributed by atoms with E-state index in [0.29, 0.717) is 23.9 Å². The minimum atomic E-state index is -0.213. The maximum Gasteiger partial charge on any atom is 0.315 e. The van der Waals surface area contributed by atoms with Gasteiger partial charge in [-0.1, -0.05) is 41.9 Å². The molecule has 0 spiro atoms. The number of hydrogen-bond acceptors (Lipinski definition) is 2. The van der Waals surface area contributed by atoms with Crippen LogP contribution in [-0.2, 0) is 13.1 Å². The number of methoxy groups -OCH3 is 1. The lowest BCUT2D eigenvalue weighted by atomic mass is 10.1. The summed E-state index contributed by atoms with van der Waals surface area (Å²) in [6.45, 7) is 2.86. The van der Waals surface area contributed by atoms with Crippen LogP contribution < -0.4 is 15.4 Å². The molecule has 0 aromatic heterocycles. The van der Waals surface area contributed by atoms with Crippen LogP contribution >= 0.6 is 11.6 Å². The van der Waals surface area contributed by atoms with E-state index < -0.39 is 0 Å². The number of benzene rings is 2. The Labute approximate surface area is 135 Å². The Kier molecular flexibility index (Phi) is 5.67. The van der Waals surface area contributed by atoms with Crippen molar-refractivity contribution in [2.75, 3.05) is 7.11 Å². The summed E-state index contributed by atoms with van der Waals surface area (Å²) in [5.41, 5.74) is 3.03. The van der Waals surface area contributed by atoms with Crippen molar-refractivity contribution in [3.63, 3.8) is 0 Å². The van der Waals surface area contributed by atoms with Crippen LogP contribution in [0, 0.1) is 6.92 Å². The van der Waals surface area contributed by atoms with Crippen LogP contribution in [0.4, 0.5) is 4.79 Å². The van der Waals surface area contributed by atoms with Gasteiger partial charge < -0.3 is 15.4 Å². The van der Waals surface area contributed by atoms with Crippen LogP contribution in [0.15, 0.2) is 42.5 Å². The molecule has 5 heteroatoms. The highest BCUT2D eigenvalue weighted by Gasteiger charge is 2.07. The summed E-state index contributed by atoms with van der Waals surface area (Å²) >= 11 is 6.10. The number of carbonyl (C=O) groups excluding carboxylic acids is 1. The first-order chi connectivity index (χ1) is 10.6. The third-order valence-corrected chi connectivity index (χ3v) is 3.64. The summed E-state index contributed by atoms with van der Waals surface area (Å²) < 4.78 is 5.16. The van der Waals surface area contributed by atoms with Crippen LogP contribution in [-0.4, -0.2) is 13.1 Å². The van der Waals surface area contributed by atoms with Crippen molar-refractivity contribution in [1.29, 1.82) is 0 Å². The summed E-state index contributed by atoms with van der Waals surface area (Å²) in [6.07, 6.45) is 0. The average Bonchev–Trinajstić information content (AvgIpc) is 2.54. The van der Waals surface area contributed by atoms with Crippen molar-refractivity contribution in [2.24, 2.45) is 0 Å². The molecule has 0 saturated carbocycles. The second-order valence-corrected chi connectivity index (χ2v) is 5.34. The van der Waals surface area contributed by atoms with Crippen molar-refractivity contribution >= 4 is 17.6 Å². The molecular formula is C17H19ClN2O2. The predicted molar refractivity (Wildman–Crippen MR) is 88.3 cm³/mol. The molecule has 0 atom stereocenters. The summed E-state index contributed by atoms with van der Waals surface area (Å²) in [6, 6.07) is 13.2. The van der Waals surface area contributed by atoms with E-state index in [4.69, 9.17) is 16.3 Å². The molecule has 0 saturated heterocycles. The monoisotopic (exact) mass is 318 g/mol. The second kappa shape index (κ2) is 7.71. The maximum absolute atomic E-state index is 11.8. The number of halogens is 1. The number of aryl methyl sites for hydroxylation is 1. The Morgan fingerprint density at radius 2 is 1.82 bits per heavy atom. The van der Waals surface area contributed by atoms with E-state index in [1.54, 1.807) is 7.11 Å². The molecule has 0 aliphatic heterocycles. The largest absolute Gasteiger partial charge is 0.495 e. The van der Waals surface area contributed by atoms with Gasteiger partial charge in [-0.2, -0.15) is 0 Å². The molecule has 4 nitrogen and oxygen atoms in total. The first-order valence-electron chi connectivity index (χ1n) is 6.99. The fourth-order valence-electron chi connectivity index (χ4n) is 2.06. The van der Waals surface area contributed by atoms with Gasteiger partial charge in [-0.05, 0) is 35.7 Å². The number of hydrogen-bond donors (Lipinski definition) is 2. The van der Waals surface area contributed by atoms with E-state index in [1.807, 2.05) is 49.4 Å². The third kappa shape index (κ3) is 4.40. The van der Waals surface area contributed by atoms with Crippen LogP contribution in [0.1, 0.15) is 16.7 Å². The molecule has 116 valence electrons. The van der Waals surface area contributed by atoms with Gasteiger partial charge in [-0.3, -0.25) is 0 Å². The molecular weight excluding hydrogens is 300 g/mol. The molecule has 22 heavy (non-hydrogen) atoms. The molecule has 0 aliphatic rings. The van der Waals surface area contributed by atoms with Gasteiger partial charge in [0, 0.05) is 13.1 Å². The van der Waals surface area contributed by atoms with Gasteiger partial charge in [0.25, 0.3) is 0 Å². The Morgan fingerprint density at radius 3 is 2.50 bits per heavy atom. The van der Waals surface area contributed by atoms with Gasteiger partial charge in [0.05, 0.1) is 12.1 Å². The zero-order valence-corrected chi connectivity index (χ0v) is 13.4. The van der Waals surface area contributed by atoms with Crippen LogP contribution in [0.2, 0.25) is 5.02 Å². The van der Waals surface area contributed by atoms with Crippen molar-refractivity contribution in [2.45, 2.75) is 20.0 Å². The Hall–Kier alpha value is -2.20. The SMILES string of the molecule is COc1cc(C)c(CNC(=O)NCc2ccccc2)cc1Cl. The number of amides is 2. The van der Waals surface area contributed by atoms with Crippen LogP contribution in [0.5, 0.6) is 5.75 Å². The molecule has 0 aliphatic carbocycles. The minimum Gasteiger partial charge on any atom is -0.495 e. The van der Waals surface area contributed by atoms with Gasteiger partial charge in [-0.25, -0.2) is 4.79 Å². The van der Waals surface area contributed by atoms with E-state index in [9.17, 15) is 4.79 Å². The first kappa shape index (κ1) is 16.2. The zero-order valence-electron chi connectivity index (χ0n) is 12.7. The highest BCUT2D eigenvalue weighted by Crippen LogP contribution is 2.27. The zero-order chi connectivity index (χ0) is 15.9. The van der Waals surface area contributed by atoms with E-state index in [1.165, 1.54) is 0 Å². The van der Waals surface area contributed by atoms with Crippen LogP contribution in [0.25, 0.3) is 0 Å². The molecule has 0 heterocycles. The summed E-state index contributed by atoms with van der Waals surface area (Å²) in [5.74, 6) is 0.636. The normalized spacial score (nSPS) is 10.1. The number of carbonyl (C=O) groups is 1. The van der Waals surface area contributed by atoms with Crippen molar-refractivity contribution < 1.29 is 9.53 Å². The molecule has 0 radical (unpaired) electrons. The molecule has 0 bridgehead atoms. The summed E-state index contributed by atoms with van der Waals surface area (Å²) in [7, 11) is 1.58. The van der Waals surface area contributed by atoms with Crippen molar-refractivity contribution in [3.8, 4) is 5.75 Å². The lowest BCUT2D eigenvalue weighted by Crippen LogP contribution is -2.34. The predicted octanol–water partition coefficient (Wildman–Crippen LogP) is 3.66. The Morgan fingerprint density at radius 1 is 1.14 bits per heavy atom. The molecule has 2 rings (SSSR count). The highest BCUT2D eigenvalue weighted by atomic mass is 35.5. The smallest absolute Gasteiger partial charge is 0.315 e. The van der Waals surface area contributed by atoms with Crippen molar-refractivity contribution in [3.05, 3.63) is 64.2 Å². The Balaban J connectivity index is 1.87. The Bertz CT molecular complexity index is 645. The highest BCUT2D eigenvalue weighted by molar-refractivity contribution is 6.32. The van der Waals surface area contributed by atoms with E-state index in [-0.39, 0.29) is 6.03 Å². The number of urea groups is 1. The molecule has 2 N–H and O–H groups in total.